The van der Waals surface area contributed by atoms with Crippen LogP contribution in [-0.2, 0) is 0 Å². The maximum absolute atomic E-state index is 8.98. The summed E-state index contributed by atoms with van der Waals surface area (Å²) in [4.78, 5) is 0. The van der Waals surface area contributed by atoms with Crippen molar-refractivity contribution in [1.29, 1.82) is 0 Å². The standard InChI is InChI=1S/C10H23NO2/c1-9(4-5-12)6-11-7-10(2,3)8-13/h9,11-13H,4-8H2,1-3H3. The fourth-order valence-electron chi connectivity index (χ4n) is 1.04. The van der Waals surface area contributed by atoms with Crippen LogP contribution < -0.4 is 5.32 Å². The molecule has 0 saturated carbocycles. The molecule has 80 valence electrons. The predicted octanol–water partition coefficient (Wildman–Crippen LogP) is 0.613. The highest BCUT2D eigenvalue weighted by molar-refractivity contribution is 4.70. The lowest BCUT2D eigenvalue weighted by Gasteiger charge is -2.23. The van der Waals surface area contributed by atoms with Crippen molar-refractivity contribution in [3.63, 3.8) is 0 Å². The summed E-state index contributed by atoms with van der Waals surface area (Å²) in [5.41, 5.74) is -0.0427. The van der Waals surface area contributed by atoms with E-state index in [1.54, 1.807) is 0 Å². The molecule has 0 bridgehead atoms. The van der Waals surface area contributed by atoms with E-state index < -0.39 is 0 Å². The predicted molar refractivity (Wildman–Crippen MR) is 54.6 cm³/mol. The van der Waals surface area contributed by atoms with Crippen LogP contribution in [0.25, 0.3) is 0 Å². The number of aliphatic hydroxyl groups excluding tert-OH is 2. The lowest BCUT2D eigenvalue weighted by molar-refractivity contribution is 0.154. The van der Waals surface area contributed by atoms with Gasteiger partial charge in [-0.25, -0.2) is 0 Å². The third-order valence-corrected chi connectivity index (χ3v) is 2.15. The second-order valence-corrected chi connectivity index (χ2v) is 4.57. The van der Waals surface area contributed by atoms with Gasteiger partial charge in [0.05, 0.1) is 0 Å². The Kier molecular flexibility index (Phi) is 6.29. The van der Waals surface area contributed by atoms with Crippen molar-refractivity contribution in [2.45, 2.75) is 27.2 Å². The number of aliphatic hydroxyl groups is 2. The molecule has 0 aliphatic carbocycles. The molecule has 0 aromatic heterocycles. The van der Waals surface area contributed by atoms with E-state index in [1.165, 1.54) is 0 Å². The monoisotopic (exact) mass is 189 g/mol. The normalized spacial score (nSPS) is 14.5. The van der Waals surface area contributed by atoms with Crippen LogP contribution in [0.1, 0.15) is 27.2 Å². The third-order valence-electron chi connectivity index (χ3n) is 2.15. The van der Waals surface area contributed by atoms with E-state index >= 15 is 0 Å². The molecule has 0 amide bonds. The summed E-state index contributed by atoms with van der Waals surface area (Å²) in [6.45, 7) is 8.34. The van der Waals surface area contributed by atoms with Gasteiger partial charge in [0.15, 0.2) is 0 Å². The van der Waals surface area contributed by atoms with Crippen LogP contribution >= 0.6 is 0 Å². The first kappa shape index (κ1) is 12.9. The molecule has 0 aliphatic rings. The maximum atomic E-state index is 8.98. The first-order chi connectivity index (χ1) is 6.02. The number of nitrogens with one attached hydrogen (secondary N) is 1. The summed E-state index contributed by atoms with van der Waals surface area (Å²) in [6.07, 6.45) is 0.840. The van der Waals surface area contributed by atoms with Gasteiger partial charge in [-0.2, -0.15) is 0 Å². The van der Waals surface area contributed by atoms with Crippen LogP contribution in [0.15, 0.2) is 0 Å². The highest BCUT2D eigenvalue weighted by Gasteiger charge is 2.15. The van der Waals surface area contributed by atoms with Crippen molar-refractivity contribution in [3.8, 4) is 0 Å². The van der Waals surface area contributed by atoms with Gasteiger partial charge in [-0.3, -0.25) is 0 Å². The fourth-order valence-corrected chi connectivity index (χ4v) is 1.04. The van der Waals surface area contributed by atoms with Gasteiger partial charge >= 0.3 is 0 Å². The average molecular weight is 189 g/mol. The van der Waals surface area contributed by atoms with E-state index in [9.17, 15) is 0 Å². The average Bonchev–Trinajstić information content (AvgIpc) is 2.05. The lowest BCUT2D eigenvalue weighted by Crippen LogP contribution is -2.34. The number of rotatable bonds is 7. The van der Waals surface area contributed by atoms with Crippen LogP contribution in [0, 0.1) is 11.3 Å². The Bertz CT molecular complexity index is 126. The first-order valence-corrected chi connectivity index (χ1v) is 4.94. The third kappa shape index (κ3) is 6.99. The molecule has 0 fully saturated rings. The van der Waals surface area contributed by atoms with E-state index in [-0.39, 0.29) is 18.6 Å². The summed E-state index contributed by atoms with van der Waals surface area (Å²) in [7, 11) is 0. The van der Waals surface area contributed by atoms with Crippen LogP contribution in [0.3, 0.4) is 0 Å². The van der Waals surface area contributed by atoms with Crippen molar-refractivity contribution in [2.24, 2.45) is 11.3 Å². The topological polar surface area (TPSA) is 52.5 Å². The summed E-state index contributed by atoms with van der Waals surface area (Å²) in [5.74, 6) is 0.500. The van der Waals surface area contributed by atoms with Crippen molar-refractivity contribution in [2.75, 3.05) is 26.3 Å². The summed E-state index contributed by atoms with van der Waals surface area (Å²) in [6, 6.07) is 0. The maximum Gasteiger partial charge on any atom is 0.0494 e. The minimum absolute atomic E-state index is 0.0427. The molecule has 0 aromatic carbocycles. The van der Waals surface area contributed by atoms with Gasteiger partial charge in [-0.1, -0.05) is 20.8 Å². The molecule has 0 aromatic rings. The molecule has 0 radical (unpaired) electrons. The van der Waals surface area contributed by atoms with Crippen LogP contribution in [0.4, 0.5) is 0 Å². The molecular weight excluding hydrogens is 166 g/mol. The van der Waals surface area contributed by atoms with Crippen molar-refractivity contribution in [1.82, 2.24) is 5.32 Å². The number of hydrogen-bond donors (Lipinski definition) is 3. The van der Waals surface area contributed by atoms with E-state index in [2.05, 4.69) is 12.2 Å². The Balaban J connectivity index is 3.44. The summed E-state index contributed by atoms with van der Waals surface area (Å²) < 4.78 is 0. The van der Waals surface area contributed by atoms with E-state index in [0.29, 0.717) is 5.92 Å². The fraction of sp³-hybridized carbons (Fsp3) is 1.00. The van der Waals surface area contributed by atoms with Crippen LogP contribution in [-0.4, -0.2) is 36.5 Å². The molecule has 0 aliphatic heterocycles. The Hall–Kier alpha value is -0.120. The minimum atomic E-state index is -0.0427. The molecular formula is C10H23NO2. The molecule has 0 heterocycles. The highest BCUT2D eigenvalue weighted by atomic mass is 16.3. The van der Waals surface area contributed by atoms with Gasteiger partial charge in [0.25, 0.3) is 0 Å². The van der Waals surface area contributed by atoms with E-state index in [4.69, 9.17) is 10.2 Å². The van der Waals surface area contributed by atoms with Crippen LogP contribution in [0.2, 0.25) is 0 Å². The summed E-state index contributed by atoms with van der Waals surface area (Å²) >= 11 is 0. The van der Waals surface area contributed by atoms with Gasteiger partial charge in [-0.05, 0) is 18.9 Å². The zero-order chi connectivity index (χ0) is 10.3. The van der Waals surface area contributed by atoms with Gasteiger partial charge in [0.2, 0.25) is 0 Å². The molecule has 3 nitrogen and oxygen atoms in total. The van der Waals surface area contributed by atoms with E-state index in [1.807, 2.05) is 13.8 Å². The van der Waals surface area contributed by atoms with Crippen molar-refractivity contribution < 1.29 is 10.2 Å². The smallest absolute Gasteiger partial charge is 0.0494 e. The second kappa shape index (κ2) is 6.35. The molecule has 0 spiro atoms. The van der Waals surface area contributed by atoms with Crippen LogP contribution in [0.5, 0.6) is 0 Å². The van der Waals surface area contributed by atoms with Gasteiger partial charge < -0.3 is 15.5 Å². The first-order valence-electron chi connectivity index (χ1n) is 4.94. The molecule has 3 heteroatoms. The second-order valence-electron chi connectivity index (χ2n) is 4.57. The zero-order valence-electron chi connectivity index (χ0n) is 9.01. The Morgan fingerprint density at radius 1 is 1.31 bits per heavy atom. The largest absolute Gasteiger partial charge is 0.396 e. The number of hydrogen-bond acceptors (Lipinski definition) is 3. The molecule has 0 saturated heterocycles. The quantitative estimate of drug-likeness (QED) is 0.550. The van der Waals surface area contributed by atoms with Gasteiger partial charge in [-0.15, -0.1) is 0 Å². The molecule has 1 unspecified atom stereocenters. The SMILES string of the molecule is CC(CCO)CNCC(C)(C)CO. The van der Waals surface area contributed by atoms with Crippen molar-refractivity contribution in [3.05, 3.63) is 0 Å². The van der Waals surface area contributed by atoms with Gasteiger partial charge in [0, 0.05) is 25.2 Å². The lowest BCUT2D eigenvalue weighted by atomic mass is 9.95. The van der Waals surface area contributed by atoms with Crippen molar-refractivity contribution >= 4 is 0 Å². The zero-order valence-corrected chi connectivity index (χ0v) is 9.01. The van der Waals surface area contributed by atoms with Gasteiger partial charge in [0.1, 0.15) is 0 Å². The molecule has 13 heavy (non-hydrogen) atoms. The molecule has 3 N–H and O–H groups in total. The minimum Gasteiger partial charge on any atom is -0.396 e. The Morgan fingerprint density at radius 3 is 2.38 bits per heavy atom. The van der Waals surface area contributed by atoms with E-state index in [0.717, 1.165) is 19.5 Å². The molecule has 0 rings (SSSR count). The highest BCUT2D eigenvalue weighted by Crippen LogP contribution is 2.11. The Morgan fingerprint density at radius 2 is 1.92 bits per heavy atom. The summed E-state index contributed by atoms with van der Waals surface area (Å²) in [5, 5.41) is 20.9. The Labute approximate surface area is 81.2 Å². The molecule has 1 atom stereocenters.